The van der Waals surface area contributed by atoms with Gasteiger partial charge in [0.05, 0.1) is 26.5 Å². The molecular formula is C17H22ClF3N2O5S2. The van der Waals surface area contributed by atoms with E-state index < -0.39 is 43.6 Å². The lowest BCUT2D eigenvalue weighted by molar-refractivity contribution is -0.242. The first-order chi connectivity index (χ1) is 13.6. The lowest BCUT2D eigenvalue weighted by Gasteiger charge is -2.32. The maximum absolute atomic E-state index is 12.9. The highest BCUT2D eigenvalue weighted by Gasteiger charge is 2.56. The summed E-state index contributed by atoms with van der Waals surface area (Å²) in [6, 6.07) is 2.23. The molecule has 1 unspecified atom stereocenters. The average molecular weight is 491 g/mol. The van der Waals surface area contributed by atoms with E-state index in [1.807, 2.05) is 5.32 Å². The van der Waals surface area contributed by atoms with Crippen LogP contribution < -0.4 is 10.2 Å². The number of benzene rings is 1. The highest BCUT2D eigenvalue weighted by atomic mass is 35.5. The van der Waals surface area contributed by atoms with Crippen molar-refractivity contribution in [1.29, 1.82) is 0 Å². The number of aliphatic hydroxyl groups is 1. The second kappa shape index (κ2) is 8.64. The third-order valence-electron chi connectivity index (χ3n) is 4.74. The van der Waals surface area contributed by atoms with E-state index in [1.54, 1.807) is 4.90 Å². The van der Waals surface area contributed by atoms with Gasteiger partial charge in [-0.05, 0) is 32.9 Å². The fourth-order valence-corrected chi connectivity index (χ4v) is 5.36. The van der Waals surface area contributed by atoms with Gasteiger partial charge in [0.25, 0.3) is 5.91 Å². The standard InChI is InChI=1S/C17H22ClF3N2O5S2/c1-10(2)30(27,28)12-5-4-11(22-15(24)16(3,25)17(19,20)21)13(18)14(12)23-6-8-29(26)9-7-23/h4-5,10,25H,6-9H2,1-3H3,(H,22,24). The predicted molar refractivity (Wildman–Crippen MR) is 109 cm³/mol. The van der Waals surface area contributed by atoms with E-state index in [-0.39, 0.29) is 45.9 Å². The van der Waals surface area contributed by atoms with Crippen LogP contribution in [0.4, 0.5) is 24.5 Å². The monoisotopic (exact) mass is 490 g/mol. The molecule has 1 aliphatic heterocycles. The van der Waals surface area contributed by atoms with E-state index in [1.165, 1.54) is 13.8 Å². The molecule has 1 aromatic rings. The molecule has 2 N–H and O–H groups in total. The summed E-state index contributed by atoms with van der Waals surface area (Å²) in [6.45, 7) is 3.66. The van der Waals surface area contributed by atoms with Crippen LogP contribution in [0.3, 0.4) is 0 Å². The Kier molecular flexibility index (Phi) is 7.17. The summed E-state index contributed by atoms with van der Waals surface area (Å²) in [5.74, 6) is -1.24. The minimum Gasteiger partial charge on any atom is -0.373 e. The number of amides is 1. The van der Waals surface area contributed by atoms with E-state index in [2.05, 4.69) is 0 Å². The van der Waals surface area contributed by atoms with Crippen molar-refractivity contribution in [3.63, 3.8) is 0 Å². The number of anilines is 2. The van der Waals surface area contributed by atoms with Crippen molar-refractivity contribution >= 4 is 49.5 Å². The molecule has 1 aromatic carbocycles. The lowest BCUT2D eigenvalue weighted by Crippen LogP contribution is -2.52. The summed E-state index contributed by atoms with van der Waals surface area (Å²) in [4.78, 5) is 13.5. The van der Waals surface area contributed by atoms with Gasteiger partial charge in [-0.2, -0.15) is 13.2 Å². The van der Waals surface area contributed by atoms with Crippen LogP contribution in [0.1, 0.15) is 20.8 Å². The van der Waals surface area contributed by atoms with Crippen LogP contribution in [-0.2, 0) is 25.4 Å². The van der Waals surface area contributed by atoms with Gasteiger partial charge in [-0.3, -0.25) is 9.00 Å². The molecule has 0 aromatic heterocycles. The van der Waals surface area contributed by atoms with Gasteiger partial charge in [0, 0.05) is 35.4 Å². The van der Waals surface area contributed by atoms with Gasteiger partial charge >= 0.3 is 6.18 Å². The maximum Gasteiger partial charge on any atom is 0.426 e. The van der Waals surface area contributed by atoms with E-state index in [0.29, 0.717) is 6.92 Å². The van der Waals surface area contributed by atoms with Crippen molar-refractivity contribution in [2.45, 2.75) is 42.7 Å². The van der Waals surface area contributed by atoms with E-state index in [9.17, 15) is 35.7 Å². The van der Waals surface area contributed by atoms with Crippen LogP contribution in [0.15, 0.2) is 17.0 Å². The largest absolute Gasteiger partial charge is 0.426 e. The Balaban J connectivity index is 2.57. The van der Waals surface area contributed by atoms with Crippen molar-refractivity contribution in [2.24, 2.45) is 0 Å². The summed E-state index contributed by atoms with van der Waals surface area (Å²) >= 11 is 6.34. The fourth-order valence-electron chi connectivity index (χ4n) is 2.66. The molecule has 0 radical (unpaired) electrons. The van der Waals surface area contributed by atoms with Crippen LogP contribution in [-0.4, -0.2) is 65.3 Å². The number of halogens is 4. The SMILES string of the molecule is CC(C)S(=O)(=O)c1ccc(NC(=O)C(C)(O)C(F)(F)F)c(Cl)c1N1CCS(=O)CC1. The zero-order valence-electron chi connectivity index (χ0n) is 16.4. The maximum atomic E-state index is 12.9. The Labute approximate surface area is 180 Å². The fraction of sp³-hybridized carbons (Fsp3) is 0.588. The second-order valence-electron chi connectivity index (χ2n) is 7.23. The van der Waals surface area contributed by atoms with E-state index >= 15 is 0 Å². The molecule has 30 heavy (non-hydrogen) atoms. The number of hydrogen-bond donors (Lipinski definition) is 2. The summed E-state index contributed by atoms with van der Waals surface area (Å²) in [5.41, 5.74) is -3.94. The van der Waals surface area contributed by atoms with Crippen LogP contribution in [0.2, 0.25) is 5.02 Å². The van der Waals surface area contributed by atoms with Gasteiger partial charge in [0.2, 0.25) is 5.60 Å². The highest BCUT2D eigenvalue weighted by Crippen LogP contribution is 2.41. The van der Waals surface area contributed by atoms with Gasteiger partial charge in [-0.25, -0.2) is 8.42 Å². The molecule has 1 heterocycles. The molecule has 1 amide bonds. The molecule has 0 bridgehead atoms. The molecule has 170 valence electrons. The molecule has 13 heteroatoms. The third kappa shape index (κ3) is 4.76. The van der Waals surface area contributed by atoms with Gasteiger partial charge in [0.15, 0.2) is 9.84 Å². The van der Waals surface area contributed by atoms with Crippen LogP contribution in [0.5, 0.6) is 0 Å². The molecule has 0 aliphatic carbocycles. The summed E-state index contributed by atoms with van der Waals surface area (Å²) < 4.78 is 76.1. The molecule has 1 saturated heterocycles. The van der Waals surface area contributed by atoms with Crippen molar-refractivity contribution in [2.75, 3.05) is 34.8 Å². The third-order valence-corrected chi connectivity index (χ3v) is 8.58. The van der Waals surface area contributed by atoms with Gasteiger partial charge in [-0.1, -0.05) is 11.6 Å². The number of nitrogens with one attached hydrogen (secondary N) is 1. The number of carbonyl (C=O) groups excluding carboxylic acids is 1. The van der Waals surface area contributed by atoms with Crippen LogP contribution >= 0.6 is 11.6 Å². The molecule has 1 aliphatic rings. The zero-order chi connectivity index (χ0) is 23.1. The Bertz CT molecular complexity index is 955. The van der Waals surface area contributed by atoms with Crippen LogP contribution in [0, 0.1) is 0 Å². The number of alkyl halides is 3. The van der Waals surface area contributed by atoms with Crippen molar-refractivity contribution in [3.05, 3.63) is 17.2 Å². The molecule has 0 saturated carbocycles. The number of hydrogen-bond acceptors (Lipinski definition) is 6. The Hall–Kier alpha value is -1.37. The number of nitrogens with zero attached hydrogens (tertiary/aromatic N) is 1. The second-order valence-corrected chi connectivity index (χ2v) is 11.8. The Morgan fingerprint density at radius 2 is 1.80 bits per heavy atom. The molecule has 0 spiro atoms. The Morgan fingerprint density at radius 3 is 2.27 bits per heavy atom. The van der Waals surface area contributed by atoms with E-state index in [0.717, 1.165) is 12.1 Å². The minimum absolute atomic E-state index is 0.0199. The zero-order valence-corrected chi connectivity index (χ0v) is 18.8. The van der Waals surface area contributed by atoms with E-state index in [4.69, 9.17) is 11.6 Å². The van der Waals surface area contributed by atoms with Gasteiger partial charge in [-0.15, -0.1) is 0 Å². The number of rotatable bonds is 5. The van der Waals surface area contributed by atoms with Crippen molar-refractivity contribution in [1.82, 2.24) is 0 Å². The normalized spacial score (nSPS) is 18.4. The quantitative estimate of drug-likeness (QED) is 0.656. The molecule has 2 rings (SSSR count). The summed E-state index contributed by atoms with van der Waals surface area (Å²) in [6.07, 6.45) is -5.23. The summed E-state index contributed by atoms with van der Waals surface area (Å²) in [7, 11) is -4.91. The topological polar surface area (TPSA) is 104 Å². The van der Waals surface area contributed by atoms with Crippen LogP contribution in [0.25, 0.3) is 0 Å². The average Bonchev–Trinajstić information content (AvgIpc) is 2.62. The van der Waals surface area contributed by atoms with Crippen molar-refractivity contribution < 1.29 is 35.7 Å². The minimum atomic E-state index is -5.23. The summed E-state index contributed by atoms with van der Waals surface area (Å²) in [5, 5.41) is 10.4. The smallest absolute Gasteiger partial charge is 0.373 e. The first kappa shape index (κ1) is 24.9. The Morgan fingerprint density at radius 1 is 1.27 bits per heavy atom. The number of carbonyl (C=O) groups is 1. The molecule has 1 atom stereocenters. The lowest BCUT2D eigenvalue weighted by atomic mass is 10.1. The van der Waals surface area contributed by atoms with Gasteiger partial charge in [0.1, 0.15) is 0 Å². The van der Waals surface area contributed by atoms with Gasteiger partial charge < -0.3 is 15.3 Å². The molecule has 1 fully saturated rings. The molecule has 7 nitrogen and oxygen atoms in total. The highest BCUT2D eigenvalue weighted by molar-refractivity contribution is 7.92. The molecular weight excluding hydrogens is 469 g/mol. The van der Waals surface area contributed by atoms with Crippen molar-refractivity contribution in [3.8, 4) is 0 Å². The first-order valence-electron chi connectivity index (χ1n) is 8.87. The number of sulfone groups is 1. The first-order valence-corrected chi connectivity index (χ1v) is 12.3. The predicted octanol–water partition coefficient (Wildman–Crippen LogP) is 2.34.